The van der Waals surface area contributed by atoms with Gasteiger partial charge in [-0.05, 0) is 36.6 Å². The highest BCUT2D eigenvalue weighted by atomic mass is 16.5. The Morgan fingerprint density at radius 3 is 2.42 bits per heavy atom. The van der Waals surface area contributed by atoms with Gasteiger partial charge in [-0.3, -0.25) is 4.79 Å². The molecule has 0 saturated carbocycles. The number of methoxy groups -OCH3 is 2. The Labute approximate surface area is 142 Å². The molecule has 2 aromatic carbocycles. The molecule has 5 heteroatoms. The van der Waals surface area contributed by atoms with Gasteiger partial charge in [0.05, 0.1) is 14.2 Å². The van der Waals surface area contributed by atoms with E-state index in [1.165, 1.54) is 7.11 Å². The zero-order chi connectivity index (χ0) is 17.5. The summed E-state index contributed by atoms with van der Waals surface area (Å²) >= 11 is 0. The number of para-hydroxylation sites is 2. The number of hydrogen-bond acceptors (Lipinski definition) is 4. The van der Waals surface area contributed by atoms with Gasteiger partial charge in [0.15, 0.2) is 18.1 Å². The van der Waals surface area contributed by atoms with E-state index in [-0.39, 0.29) is 12.5 Å². The molecule has 2 rings (SSSR count). The normalized spacial score (nSPS) is 10.2. The molecule has 128 valence electrons. The lowest BCUT2D eigenvalue weighted by atomic mass is 10.1. The highest BCUT2D eigenvalue weighted by molar-refractivity contribution is 5.93. The van der Waals surface area contributed by atoms with Crippen molar-refractivity contribution in [3.8, 4) is 17.2 Å². The van der Waals surface area contributed by atoms with Crippen molar-refractivity contribution in [2.75, 3.05) is 26.1 Å². The van der Waals surface area contributed by atoms with Crippen molar-refractivity contribution < 1.29 is 19.0 Å². The van der Waals surface area contributed by atoms with E-state index >= 15 is 0 Å². The third-order valence-electron chi connectivity index (χ3n) is 3.73. The van der Waals surface area contributed by atoms with Crippen LogP contribution in [0.1, 0.15) is 18.1 Å². The van der Waals surface area contributed by atoms with Crippen LogP contribution in [0.5, 0.6) is 17.2 Å². The summed E-state index contributed by atoms with van der Waals surface area (Å²) in [5, 5.41) is 2.93. The molecule has 0 bridgehead atoms. The van der Waals surface area contributed by atoms with E-state index in [9.17, 15) is 4.79 Å². The molecule has 5 nitrogen and oxygen atoms in total. The molecule has 24 heavy (non-hydrogen) atoms. The van der Waals surface area contributed by atoms with Crippen LogP contribution >= 0.6 is 0 Å². The van der Waals surface area contributed by atoms with Gasteiger partial charge in [0.25, 0.3) is 5.91 Å². The van der Waals surface area contributed by atoms with Crippen molar-refractivity contribution in [3.05, 3.63) is 47.5 Å². The minimum absolute atomic E-state index is 0.110. The van der Waals surface area contributed by atoms with E-state index in [1.54, 1.807) is 25.3 Å². The van der Waals surface area contributed by atoms with Crippen molar-refractivity contribution in [2.45, 2.75) is 20.3 Å². The second-order valence-corrected chi connectivity index (χ2v) is 5.29. The lowest BCUT2D eigenvalue weighted by molar-refractivity contribution is -0.118. The van der Waals surface area contributed by atoms with Crippen molar-refractivity contribution in [2.24, 2.45) is 0 Å². The maximum Gasteiger partial charge on any atom is 0.262 e. The van der Waals surface area contributed by atoms with Gasteiger partial charge >= 0.3 is 0 Å². The number of aryl methyl sites for hydroxylation is 2. The SMILES string of the molecule is CCc1cccc(C)c1NC(=O)COc1cccc(OC)c1OC. The molecule has 1 N–H and O–H groups in total. The predicted octanol–water partition coefficient (Wildman–Crippen LogP) is 3.59. The van der Waals surface area contributed by atoms with Crippen molar-refractivity contribution in [1.29, 1.82) is 0 Å². The van der Waals surface area contributed by atoms with E-state index in [0.29, 0.717) is 17.2 Å². The summed E-state index contributed by atoms with van der Waals surface area (Å²) in [6, 6.07) is 11.3. The molecule has 0 fully saturated rings. The van der Waals surface area contributed by atoms with Crippen molar-refractivity contribution in [1.82, 2.24) is 0 Å². The number of carbonyl (C=O) groups is 1. The fourth-order valence-electron chi connectivity index (χ4n) is 2.49. The number of ether oxygens (including phenoxy) is 3. The molecule has 0 aromatic heterocycles. The summed E-state index contributed by atoms with van der Waals surface area (Å²) < 4.78 is 16.1. The van der Waals surface area contributed by atoms with Gasteiger partial charge in [0.1, 0.15) is 0 Å². The summed E-state index contributed by atoms with van der Waals surface area (Å²) in [5.41, 5.74) is 2.98. The van der Waals surface area contributed by atoms with E-state index in [4.69, 9.17) is 14.2 Å². The van der Waals surface area contributed by atoms with Gasteiger partial charge in [-0.15, -0.1) is 0 Å². The third kappa shape index (κ3) is 3.98. The molecule has 0 aliphatic rings. The molecule has 0 aliphatic heterocycles. The summed E-state index contributed by atoms with van der Waals surface area (Å²) in [6.45, 7) is 3.92. The average Bonchev–Trinajstić information content (AvgIpc) is 2.61. The van der Waals surface area contributed by atoms with Crippen LogP contribution in [-0.4, -0.2) is 26.7 Å². The maximum absolute atomic E-state index is 12.3. The Morgan fingerprint density at radius 1 is 1.04 bits per heavy atom. The molecule has 0 heterocycles. The van der Waals surface area contributed by atoms with Crippen LogP contribution in [0, 0.1) is 6.92 Å². The molecule has 0 saturated heterocycles. The quantitative estimate of drug-likeness (QED) is 0.843. The van der Waals surface area contributed by atoms with Crippen molar-refractivity contribution >= 4 is 11.6 Å². The van der Waals surface area contributed by atoms with Gasteiger partial charge in [-0.2, -0.15) is 0 Å². The lowest BCUT2D eigenvalue weighted by Crippen LogP contribution is -2.21. The molecule has 0 spiro atoms. The van der Waals surface area contributed by atoms with E-state index in [0.717, 1.165) is 23.2 Å². The summed E-state index contributed by atoms with van der Waals surface area (Å²) in [6.07, 6.45) is 0.849. The molecule has 1 amide bonds. The molecule has 0 unspecified atom stereocenters. The van der Waals surface area contributed by atoms with Gasteiger partial charge in [0, 0.05) is 5.69 Å². The summed E-state index contributed by atoms with van der Waals surface area (Å²) in [5.74, 6) is 1.27. The first-order valence-corrected chi connectivity index (χ1v) is 7.82. The molecular weight excluding hydrogens is 306 g/mol. The smallest absolute Gasteiger partial charge is 0.262 e. The monoisotopic (exact) mass is 329 g/mol. The Morgan fingerprint density at radius 2 is 1.75 bits per heavy atom. The highest BCUT2D eigenvalue weighted by Crippen LogP contribution is 2.36. The summed E-state index contributed by atoms with van der Waals surface area (Å²) in [7, 11) is 3.09. The average molecular weight is 329 g/mol. The Hall–Kier alpha value is -2.69. The molecule has 0 atom stereocenters. The number of benzene rings is 2. The number of amides is 1. The van der Waals surface area contributed by atoms with Crippen LogP contribution in [0.2, 0.25) is 0 Å². The number of hydrogen-bond donors (Lipinski definition) is 1. The van der Waals surface area contributed by atoms with Crippen LogP contribution in [0.3, 0.4) is 0 Å². The minimum Gasteiger partial charge on any atom is -0.493 e. The third-order valence-corrected chi connectivity index (χ3v) is 3.73. The van der Waals surface area contributed by atoms with Gasteiger partial charge in [-0.25, -0.2) is 0 Å². The van der Waals surface area contributed by atoms with E-state index < -0.39 is 0 Å². The molecule has 2 aromatic rings. The number of carbonyl (C=O) groups excluding carboxylic acids is 1. The second-order valence-electron chi connectivity index (χ2n) is 5.29. The Bertz CT molecular complexity index is 713. The second kappa shape index (κ2) is 8.24. The minimum atomic E-state index is -0.219. The largest absolute Gasteiger partial charge is 0.493 e. The first-order valence-electron chi connectivity index (χ1n) is 7.82. The maximum atomic E-state index is 12.3. The van der Waals surface area contributed by atoms with Crippen LogP contribution in [0.25, 0.3) is 0 Å². The van der Waals surface area contributed by atoms with E-state index in [2.05, 4.69) is 12.2 Å². The molecule has 0 aliphatic carbocycles. The van der Waals surface area contributed by atoms with Crippen LogP contribution in [0.15, 0.2) is 36.4 Å². The predicted molar refractivity (Wildman–Crippen MR) is 94.2 cm³/mol. The van der Waals surface area contributed by atoms with Gasteiger partial charge < -0.3 is 19.5 Å². The number of rotatable bonds is 7. The van der Waals surface area contributed by atoms with Crippen LogP contribution in [0.4, 0.5) is 5.69 Å². The zero-order valence-corrected chi connectivity index (χ0v) is 14.5. The zero-order valence-electron chi connectivity index (χ0n) is 14.5. The first kappa shape index (κ1) is 17.7. The number of anilines is 1. The first-order chi connectivity index (χ1) is 11.6. The number of nitrogens with one attached hydrogen (secondary N) is 1. The Balaban J connectivity index is 2.07. The standard InChI is InChI=1S/C19H23NO4/c1-5-14-9-6-8-13(2)18(14)20-17(21)12-24-16-11-7-10-15(22-3)19(16)23-4/h6-11H,5,12H2,1-4H3,(H,20,21). The van der Waals surface area contributed by atoms with Crippen LogP contribution in [-0.2, 0) is 11.2 Å². The van der Waals surface area contributed by atoms with Gasteiger partial charge in [0.2, 0.25) is 5.75 Å². The molecule has 0 radical (unpaired) electrons. The fourth-order valence-corrected chi connectivity index (χ4v) is 2.49. The highest BCUT2D eigenvalue weighted by Gasteiger charge is 2.13. The van der Waals surface area contributed by atoms with Crippen LogP contribution < -0.4 is 19.5 Å². The van der Waals surface area contributed by atoms with E-state index in [1.807, 2.05) is 25.1 Å². The van der Waals surface area contributed by atoms with Crippen molar-refractivity contribution in [3.63, 3.8) is 0 Å². The Kier molecular flexibility index (Phi) is 6.07. The topological polar surface area (TPSA) is 56.8 Å². The summed E-state index contributed by atoms with van der Waals surface area (Å²) in [4.78, 5) is 12.3. The molecular formula is C19H23NO4. The fraction of sp³-hybridized carbons (Fsp3) is 0.316. The lowest BCUT2D eigenvalue weighted by Gasteiger charge is -2.15. The van der Waals surface area contributed by atoms with Gasteiger partial charge in [-0.1, -0.05) is 31.2 Å².